The van der Waals surface area contributed by atoms with Crippen molar-refractivity contribution in [2.24, 2.45) is 5.73 Å². The molecule has 4 N–H and O–H groups in total. The van der Waals surface area contributed by atoms with Gasteiger partial charge in [-0.15, -0.1) is 11.3 Å². The van der Waals surface area contributed by atoms with E-state index in [1.807, 2.05) is 24.4 Å². The molecule has 0 amide bonds. The predicted molar refractivity (Wildman–Crippen MR) is 97.7 cm³/mol. The molecule has 0 radical (unpaired) electrons. The maximum atomic E-state index is 11.4. The van der Waals surface area contributed by atoms with Gasteiger partial charge in [0.15, 0.2) is 11.3 Å². The minimum atomic E-state index is -1.09. The molecule has 0 spiro atoms. The van der Waals surface area contributed by atoms with Crippen molar-refractivity contribution in [1.29, 1.82) is 0 Å². The summed E-state index contributed by atoms with van der Waals surface area (Å²) in [6.45, 7) is 2.46. The number of nitrogens with zero attached hydrogens (tertiary/aromatic N) is 1. The van der Waals surface area contributed by atoms with Crippen molar-refractivity contribution in [2.45, 2.75) is 25.9 Å². The van der Waals surface area contributed by atoms with Gasteiger partial charge in [-0.1, -0.05) is 6.07 Å². The number of halogens is 1. The maximum Gasteiger partial charge on any atom is 0.354 e. The molecule has 1 atom stereocenters. The van der Waals surface area contributed by atoms with Crippen LogP contribution in [0, 0.1) is 0 Å². The zero-order valence-electron chi connectivity index (χ0n) is 12.9. The normalized spacial score (nSPS) is 12.5. The molecule has 3 heterocycles. The van der Waals surface area contributed by atoms with Crippen molar-refractivity contribution in [1.82, 2.24) is 4.98 Å². The predicted octanol–water partition coefficient (Wildman–Crippen LogP) is 3.85. The topological polar surface area (TPSA) is 101 Å². The van der Waals surface area contributed by atoms with E-state index in [1.54, 1.807) is 11.3 Å². The monoisotopic (exact) mass is 409 g/mol. The highest BCUT2D eigenvalue weighted by molar-refractivity contribution is 9.10. The number of nitrogens with two attached hydrogens (primary N) is 1. The number of nitrogens with one attached hydrogen (secondary N) is 1. The van der Waals surface area contributed by atoms with E-state index in [2.05, 4.69) is 26.2 Å². The van der Waals surface area contributed by atoms with E-state index in [-0.39, 0.29) is 11.7 Å². The van der Waals surface area contributed by atoms with Crippen LogP contribution in [0.3, 0.4) is 0 Å². The minimum Gasteiger partial charge on any atom is -0.477 e. The molecule has 0 aliphatic heterocycles. The van der Waals surface area contributed by atoms with Crippen LogP contribution >= 0.6 is 27.3 Å². The van der Waals surface area contributed by atoms with Crippen molar-refractivity contribution < 1.29 is 14.3 Å². The molecule has 0 aliphatic carbocycles. The first-order valence-electron chi connectivity index (χ1n) is 7.32. The third-order valence-corrected chi connectivity index (χ3v) is 5.10. The highest BCUT2D eigenvalue weighted by Crippen LogP contribution is 2.35. The average Bonchev–Trinajstić information content (AvgIpc) is 3.14. The Kier molecular flexibility index (Phi) is 4.88. The second kappa shape index (κ2) is 6.92. The molecule has 0 saturated carbocycles. The number of thiophene rings is 1. The van der Waals surface area contributed by atoms with Gasteiger partial charge in [-0.05, 0) is 40.4 Å². The lowest BCUT2D eigenvalue weighted by Crippen LogP contribution is -2.17. The van der Waals surface area contributed by atoms with E-state index in [0.717, 1.165) is 4.88 Å². The number of aromatic carboxylic acids is 1. The average molecular weight is 410 g/mol. The standard InChI is InChI=1S/C16H16BrN3O3S/c1-8(18)5-12-13(17)14-15(23-12)10(6-11(20-14)16(21)22)19-7-9-3-2-4-24-9/h2-4,6,8H,5,7,18H2,1H3,(H,19,20)(H,21,22)/t8-/m0/s1. The number of anilines is 1. The molecule has 0 unspecified atom stereocenters. The molecule has 8 heteroatoms. The minimum absolute atomic E-state index is 0.0370. The molecule has 0 aliphatic rings. The van der Waals surface area contributed by atoms with E-state index in [0.29, 0.717) is 40.0 Å². The Labute approximate surface area is 150 Å². The fourth-order valence-electron chi connectivity index (χ4n) is 2.35. The molecule has 0 fully saturated rings. The Hall–Kier alpha value is -1.90. The summed E-state index contributed by atoms with van der Waals surface area (Å²) in [6, 6.07) is 5.39. The maximum absolute atomic E-state index is 11.4. The van der Waals surface area contributed by atoms with Crippen LogP contribution < -0.4 is 11.1 Å². The molecule has 0 saturated heterocycles. The second-order valence-corrected chi connectivity index (χ2v) is 7.32. The fourth-order valence-corrected chi connectivity index (χ4v) is 3.50. The summed E-state index contributed by atoms with van der Waals surface area (Å²) in [4.78, 5) is 16.7. The van der Waals surface area contributed by atoms with Crippen molar-refractivity contribution >= 4 is 50.0 Å². The van der Waals surface area contributed by atoms with Gasteiger partial charge in [0.1, 0.15) is 11.3 Å². The number of carbonyl (C=O) groups is 1. The summed E-state index contributed by atoms with van der Waals surface area (Å²) >= 11 is 5.08. The SMILES string of the molecule is C[C@H](N)Cc1oc2c(NCc3cccs3)cc(C(=O)O)nc2c1Br. The van der Waals surface area contributed by atoms with Gasteiger partial charge in [-0.3, -0.25) is 0 Å². The van der Waals surface area contributed by atoms with E-state index < -0.39 is 5.97 Å². The Morgan fingerprint density at radius 2 is 2.38 bits per heavy atom. The first kappa shape index (κ1) is 16.9. The van der Waals surface area contributed by atoms with Crippen LogP contribution in [0.4, 0.5) is 5.69 Å². The molecule has 3 aromatic rings. The summed E-state index contributed by atoms with van der Waals surface area (Å²) in [5.74, 6) is -0.424. The van der Waals surface area contributed by atoms with Gasteiger partial charge in [0.05, 0.1) is 10.2 Å². The van der Waals surface area contributed by atoms with Crippen LogP contribution in [0.2, 0.25) is 0 Å². The number of aromatic nitrogens is 1. The Balaban J connectivity index is 2.05. The first-order chi connectivity index (χ1) is 11.5. The van der Waals surface area contributed by atoms with Crippen LogP contribution in [-0.4, -0.2) is 22.1 Å². The van der Waals surface area contributed by atoms with Gasteiger partial charge in [0.2, 0.25) is 0 Å². The van der Waals surface area contributed by atoms with Gasteiger partial charge in [0, 0.05) is 23.9 Å². The molecular weight excluding hydrogens is 394 g/mol. The highest BCUT2D eigenvalue weighted by atomic mass is 79.9. The third kappa shape index (κ3) is 3.45. The van der Waals surface area contributed by atoms with Crippen molar-refractivity contribution in [3.63, 3.8) is 0 Å². The Morgan fingerprint density at radius 3 is 3.00 bits per heavy atom. The molecular formula is C16H16BrN3O3S. The van der Waals surface area contributed by atoms with E-state index >= 15 is 0 Å². The van der Waals surface area contributed by atoms with Crippen molar-refractivity contribution in [2.75, 3.05) is 5.32 Å². The first-order valence-corrected chi connectivity index (χ1v) is 9.00. The number of pyridine rings is 1. The van der Waals surface area contributed by atoms with E-state index in [9.17, 15) is 9.90 Å². The number of hydrogen-bond acceptors (Lipinski definition) is 6. The number of carboxylic acids is 1. The molecule has 3 aromatic heterocycles. The van der Waals surface area contributed by atoms with Crippen LogP contribution in [0.15, 0.2) is 32.5 Å². The summed E-state index contributed by atoms with van der Waals surface area (Å²) < 4.78 is 6.55. The lowest BCUT2D eigenvalue weighted by Gasteiger charge is -2.06. The zero-order valence-corrected chi connectivity index (χ0v) is 15.3. The highest BCUT2D eigenvalue weighted by Gasteiger charge is 2.20. The van der Waals surface area contributed by atoms with Gasteiger partial charge < -0.3 is 20.6 Å². The number of rotatable bonds is 6. The van der Waals surface area contributed by atoms with Crippen LogP contribution in [0.25, 0.3) is 11.1 Å². The number of hydrogen-bond donors (Lipinski definition) is 3. The molecule has 6 nitrogen and oxygen atoms in total. The van der Waals surface area contributed by atoms with Crippen molar-refractivity contribution in [3.8, 4) is 0 Å². The lowest BCUT2D eigenvalue weighted by atomic mass is 10.2. The van der Waals surface area contributed by atoms with Crippen molar-refractivity contribution in [3.05, 3.63) is 44.4 Å². The third-order valence-electron chi connectivity index (χ3n) is 3.41. The van der Waals surface area contributed by atoms with E-state index in [1.165, 1.54) is 6.07 Å². The van der Waals surface area contributed by atoms with Gasteiger partial charge in [-0.2, -0.15) is 0 Å². The van der Waals surface area contributed by atoms with E-state index in [4.69, 9.17) is 10.2 Å². The molecule has 0 aromatic carbocycles. The van der Waals surface area contributed by atoms with Crippen LogP contribution in [0.5, 0.6) is 0 Å². The smallest absolute Gasteiger partial charge is 0.354 e. The molecule has 0 bridgehead atoms. The summed E-state index contributed by atoms with van der Waals surface area (Å²) in [5, 5.41) is 14.5. The number of furan rings is 1. The summed E-state index contributed by atoms with van der Waals surface area (Å²) in [7, 11) is 0. The van der Waals surface area contributed by atoms with Gasteiger partial charge in [-0.25, -0.2) is 9.78 Å². The Bertz CT molecular complexity index is 874. The van der Waals surface area contributed by atoms with Gasteiger partial charge >= 0.3 is 5.97 Å². The molecule has 24 heavy (non-hydrogen) atoms. The quantitative estimate of drug-likeness (QED) is 0.571. The Morgan fingerprint density at radius 1 is 1.58 bits per heavy atom. The number of fused-ring (bicyclic) bond motifs is 1. The van der Waals surface area contributed by atoms with Crippen LogP contribution in [-0.2, 0) is 13.0 Å². The number of carboxylic acid groups (broad SMARTS) is 1. The molecule has 3 rings (SSSR count). The zero-order chi connectivity index (χ0) is 17.3. The summed E-state index contributed by atoms with van der Waals surface area (Å²) in [6.07, 6.45) is 0.531. The summed E-state index contributed by atoms with van der Waals surface area (Å²) in [5.41, 5.74) is 7.42. The lowest BCUT2D eigenvalue weighted by molar-refractivity contribution is 0.0691. The second-order valence-electron chi connectivity index (χ2n) is 5.49. The molecule has 126 valence electrons. The largest absolute Gasteiger partial charge is 0.477 e. The fraction of sp³-hybridized carbons (Fsp3) is 0.250. The van der Waals surface area contributed by atoms with Gasteiger partial charge in [0.25, 0.3) is 0 Å². The van der Waals surface area contributed by atoms with Crippen LogP contribution in [0.1, 0.15) is 28.0 Å².